The zero-order chi connectivity index (χ0) is 12.8. The van der Waals surface area contributed by atoms with Crippen LogP contribution in [0.25, 0.3) is 0 Å². The molecular weight excluding hydrogens is 294 g/mol. The monoisotopic (exact) mass is 311 g/mol. The van der Waals surface area contributed by atoms with Crippen molar-refractivity contribution < 1.29 is 9.47 Å². The first kappa shape index (κ1) is 12.5. The van der Waals surface area contributed by atoms with E-state index in [2.05, 4.69) is 35.0 Å². The zero-order valence-electron chi connectivity index (χ0n) is 10.5. The van der Waals surface area contributed by atoms with Crippen molar-refractivity contribution in [3.63, 3.8) is 0 Å². The standard InChI is InChI=1S/C14H18BrNO2/c1-13(7-17-8-13)9-18-12-3-2-10(6-11(12)15)14(16)4-5-14/h2-3,6H,4-5,7-9,16H2,1H3. The molecule has 2 aliphatic rings. The van der Waals surface area contributed by atoms with E-state index >= 15 is 0 Å². The number of ether oxygens (including phenoxy) is 2. The van der Waals surface area contributed by atoms with Gasteiger partial charge in [0.1, 0.15) is 5.75 Å². The molecule has 0 bridgehead atoms. The molecule has 1 heterocycles. The Labute approximate surface area is 116 Å². The lowest BCUT2D eigenvalue weighted by Gasteiger charge is -2.37. The van der Waals surface area contributed by atoms with Gasteiger partial charge in [0.2, 0.25) is 0 Å². The van der Waals surface area contributed by atoms with E-state index in [9.17, 15) is 0 Å². The first-order chi connectivity index (χ1) is 8.51. The van der Waals surface area contributed by atoms with Crippen molar-refractivity contribution in [1.82, 2.24) is 0 Å². The molecule has 0 spiro atoms. The van der Waals surface area contributed by atoms with E-state index < -0.39 is 0 Å². The topological polar surface area (TPSA) is 44.5 Å². The first-order valence-electron chi connectivity index (χ1n) is 6.30. The van der Waals surface area contributed by atoms with Gasteiger partial charge in [-0.05, 0) is 46.5 Å². The Balaban J connectivity index is 1.69. The number of rotatable bonds is 4. The predicted octanol–water partition coefficient (Wildman–Crippen LogP) is 2.81. The minimum Gasteiger partial charge on any atom is -0.492 e. The van der Waals surface area contributed by atoms with Gasteiger partial charge < -0.3 is 15.2 Å². The van der Waals surface area contributed by atoms with Crippen LogP contribution in [0.5, 0.6) is 5.75 Å². The lowest BCUT2D eigenvalue weighted by atomic mass is 9.90. The van der Waals surface area contributed by atoms with Crippen molar-refractivity contribution >= 4 is 15.9 Å². The summed E-state index contributed by atoms with van der Waals surface area (Å²) in [4.78, 5) is 0. The number of nitrogens with two attached hydrogens (primary N) is 1. The molecule has 4 heteroatoms. The van der Waals surface area contributed by atoms with Gasteiger partial charge in [0, 0.05) is 11.0 Å². The van der Waals surface area contributed by atoms with Crippen LogP contribution >= 0.6 is 15.9 Å². The Kier molecular flexibility index (Phi) is 2.92. The maximum absolute atomic E-state index is 6.18. The second-order valence-corrected chi connectivity index (χ2v) is 6.75. The summed E-state index contributed by atoms with van der Waals surface area (Å²) >= 11 is 3.56. The smallest absolute Gasteiger partial charge is 0.133 e. The summed E-state index contributed by atoms with van der Waals surface area (Å²) in [6.45, 7) is 4.44. The fraction of sp³-hybridized carbons (Fsp3) is 0.571. The quantitative estimate of drug-likeness (QED) is 0.930. The average Bonchev–Trinajstić information content (AvgIpc) is 3.04. The molecule has 0 radical (unpaired) electrons. The third-order valence-electron chi connectivity index (χ3n) is 3.77. The minimum absolute atomic E-state index is 0.0885. The maximum Gasteiger partial charge on any atom is 0.133 e. The van der Waals surface area contributed by atoms with Gasteiger partial charge in [-0.25, -0.2) is 0 Å². The highest BCUT2D eigenvalue weighted by Crippen LogP contribution is 2.44. The van der Waals surface area contributed by atoms with Gasteiger partial charge >= 0.3 is 0 Å². The van der Waals surface area contributed by atoms with Crippen molar-refractivity contribution in [1.29, 1.82) is 0 Å². The van der Waals surface area contributed by atoms with E-state index in [1.54, 1.807) is 0 Å². The first-order valence-corrected chi connectivity index (χ1v) is 7.10. The molecular formula is C14H18BrNO2. The molecule has 1 aliphatic heterocycles. The summed E-state index contributed by atoms with van der Waals surface area (Å²) in [7, 11) is 0. The van der Waals surface area contributed by atoms with Crippen LogP contribution in [0.1, 0.15) is 25.3 Å². The lowest BCUT2D eigenvalue weighted by Crippen LogP contribution is -2.44. The van der Waals surface area contributed by atoms with E-state index in [1.165, 1.54) is 5.56 Å². The van der Waals surface area contributed by atoms with Crippen LogP contribution in [-0.4, -0.2) is 19.8 Å². The highest BCUT2D eigenvalue weighted by Gasteiger charge is 2.40. The molecule has 18 heavy (non-hydrogen) atoms. The molecule has 0 unspecified atom stereocenters. The van der Waals surface area contributed by atoms with Crippen molar-refractivity contribution in [3.8, 4) is 5.75 Å². The van der Waals surface area contributed by atoms with Crippen molar-refractivity contribution in [2.75, 3.05) is 19.8 Å². The Hall–Kier alpha value is -0.580. The van der Waals surface area contributed by atoms with E-state index in [-0.39, 0.29) is 11.0 Å². The minimum atomic E-state index is -0.0885. The van der Waals surface area contributed by atoms with Gasteiger partial charge in [0.15, 0.2) is 0 Å². The van der Waals surface area contributed by atoms with Gasteiger partial charge in [-0.3, -0.25) is 0 Å². The van der Waals surface area contributed by atoms with Gasteiger partial charge in [0.25, 0.3) is 0 Å². The zero-order valence-corrected chi connectivity index (χ0v) is 12.1. The Morgan fingerprint density at radius 1 is 1.39 bits per heavy atom. The third-order valence-corrected chi connectivity index (χ3v) is 4.39. The molecule has 1 aromatic rings. The molecule has 98 valence electrons. The SMILES string of the molecule is CC1(COc2ccc(C3(N)CC3)cc2Br)COC1. The summed E-state index contributed by atoms with van der Waals surface area (Å²) in [6, 6.07) is 6.17. The van der Waals surface area contributed by atoms with Crippen LogP contribution in [0, 0.1) is 5.41 Å². The highest BCUT2D eigenvalue weighted by molar-refractivity contribution is 9.10. The molecule has 1 saturated heterocycles. The largest absolute Gasteiger partial charge is 0.492 e. The van der Waals surface area contributed by atoms with Crippen LogP contribution in [0.4, 0.5) is 0 Å². The molecule has 1 aromatic carbocycles. The molecule has 2 N–H and O–H groups in total. The predicted molar refractivity (Wildman–Crippen MR) is 73.7 cm³/mol. The molecule has 2 fully saturated rings. The van der Waals surface area contributed by atoms with E-state index in [0.717, 1.165) is 36.3 Å². The fourth-order valence-corrected chi connectivity index (χ4v) is 2.63. The molecule has 1 aliphatic carbocycles. The summed E-state index contributed by atoms with van der Waals surface area (Å²) in [5, 5.41) is 0. The van der Waals surface area contributed by atoms with Crippen molar-refractivity contribution in [3.05, 3.63) is 28.2 Å². The molecule has 0 aromatic heterocycles. The lowest BCUT2D eigenvalue weighted by molar-refractivity contribution is -0.120. The van der Waals surface area contributed by atoms with Crippen LogP contribution in [-0.2, 0) is 10.3 Å². The Morgan fingerprint density at radius 3 is 2.61 bits per heavy atom. The summed E-state index contributed by atoms with van der Waals surface area (Å²) in [6.07, 6.45) is 2.16. The van der Waals surface area contributed by atoms with Gasteiger partial charge in [-0.15, -0.1) is 0 Å². The summed E-state index contributed by atoms with van der Waals surface area (Å²) in [5.74, 6) is 0.885. The maximum atomic E-state index is 6.18. The number of hydrogen-bond donors (Lipinski definition) is 1. The van der Waals surface area contributed by atoms with Crippen LogP contribution in [0.3, 0.4) is 0 Å². The number of halogens is 1. The normalized spacial score (nSPS) is 23.3. The van der Waals surface area contributed by atoms with E-state index in [1.807, 2.05) is 6.07 Å². The molecule has 3 nitrogen and oxygen atoms in total. The van der Waals surface area contributed by atoms with Crippen LogP contribution in [0.2, 0.25) is 0 Å². The Bertz CT molecular complexity index is 467. The second kappa shape index (κ2) is 4.22. The average molecular weight is 312 g/mol. The second-order valence-electron chi connectivity index (χ2n) is 5.89. The molecule has 0 amide bonds. The van der Waals surface area contributed by atoms with E-state index in [0.29, 0.717) is 6.61 Å². The van der Waals surface area contributed by atoms with Crippen molar-refractivity contribution in [2.24, 2.45) is 11.1 Å². The van der Waals surface area contributed by atoms with E-state index in [4.69, 9.17) is 15.2 Å². The molecule has 0 atom stereocenters. The summed E-state index contributed by atoms with van der Waals surface area (Å²) < 4.78 is 12.1. The Morgan fingerprint density at radius 2 is 2.11 bits per heavy atom. The molecule has 1 saturated carbocycles. The summed E-state index contributed by atoms with van der Waals surface area (Å²) in [5.41, 5.74) is 7.46. The fourth-order valence-electron chi connectivity index (χ4n) is 2.14. The number of hydrogen-bond acceptors (Lipinski definition) is 3. The molecule has 3 rings (SSSR count). The third kappa shape index (κ3) is 2.29. The van der Waals surface area contributed by atoms with Crippen LogP contribution in [0.15, 0.2) is 22.7 Å². The van der Waals surface area contributed by atoms with Gasteiger partial charge in [-0.1, -0.05) is 13.0 Å². The number of benzene rings is 1. The van der Waals surface area contributed by atoms with Crippen LogP contribution < -0.4 is 10.5 Å². The highest BCUT2D eigenvalue weighted by atomic mass is 79.9. The van der Waals surface area contributed by atoms with Gasteiger partial charge in [0.05, 0.1) is 24.3 Å². The van der Waals surface area contributed by atoms with Crippen molar-refractivity contribution in [2.45, 2.75) is 25.3 Å². The van der Waals surface area contributed by atoms with Gasteiger partial charge in [-0.2, -0.15) is 0 Å².